The number of hydrogen-bond donors (Lipinski definition) is 1. The van der Waals surface area contributed by atoms with Crippen molar-refractivity contribution in [2.24, 2.45) is 5.92 Å². The Kier molecular flexibility index (Phi) is 5.79. The largest absolute Gasteiger partial charge is 0.349 e. The number of carbonyl (C=O) groups is 1. The molecule has 22 heavy (non-hydrogen) atoms. The predicted octanol–water partition coefficient (Wildman–Crippen LogP) is 1.27. The SMILES string of the molecule is CC(C)[C@](C)(C#N)NC(=O)CN1CCCC[C@@H]1C1OCCO1. The monoisotopic (exact) mass is 309 g/mol. The topological polar surface area (TPSA) is 74.6 Å². The van der Waals surface area contributed by atoms with E-state index in [1.165, 1.54) is 0 Å². The summed E-state index contributed by atoms with van der Waals surface area (Å²) in [7, 11) is 0. The molecule has 2 rings (SSSR count). The first-order valence-electron chi connectivity index (χ1n) is 8.16. The van der Waals surface area contributed by atoms with Crippen LogP contribution < -0.4 is 5.32 Å². The summed E-state index contributed by atoms with van der Waals surface area (Å²) in [6.07, 6.45) is 2.97. The Hall–Kier alpha value is -1.16. The Bertz CT molecular complexity index is 429. The van der Waals surface area contributed by atoms with E-state index in [1.54, 1.807) is 6.92 Å². The Labute approximate surface area is 132 Å². The summed E-state index contributed by atoms with van der Waals surface area (Å²) in [5, 5.41) is 12.2. The second kappa shape index (κ2) is 7.40. The Morgan fingerprint density at radius 3 is 2.68 bits per heavy atom. The number of nitrogens with zero attached hydrogens (tertiary/aromatic N) is 2. The second-order valence-corrected chi connectivity index (χ2v) is 6.66. The lowest BCUT2D eigenvalue weighted by Gasteiger charge is -2.38. The van der Waals surface area contributed by atoms with Crippen LogP contribution in [-0.4, -0.2) is 55.0 Å². The van der Waals surface area contributed by atoms with Gasteiger partial charge in [0.1, 0.15) is 5.54 Å². The highest BCUT2D eigenvalue weighted by atomic mass is 16.7. The fourth-order valence-corrected chi connectivity index (χ4v) is 2.94. The molecule has 6 nitrogen and oxygen atoms in total. The standard InChI is InChI=1S/C16H27N3O3/c1-12(2)16(3,11-17)18-14(20)10-19-7-5-4-6-13(19)15-21-8-9-22-15/h12-13,15H,4-10H2,1-3H3,(H,18,20)/t13-,16+/m1/s1. The highest BCUT2D eigenvalue weighted by molar-refractivity contribution is 5.79. The van der Waals surface area contributed by atoms with Gasteiger partial charge in [0.05, 0.1) is 31.9 Å². The molecule has 1 N–H and O–H groups in total. The lowest BCUT2D eigenvalue weighted by molar-refractivity contribution is -0.132. The van der Waals surface area contributed by atoms with Gasteiger partial charge in [-0.3, -0.25) is 9.69 Å². The molecule has 0 radical (unpaired) electrons. The van der Waals surface area contributed by atoms with Crippen molar-refractivity contribution >= 4 is 5.91 Å². The quantitative estimate of drug-likeness (QED) is 0.828. The molecule has 0 aliphatic carbocycles. The van der Waals surface area contributed by atoms with Gasteiger partial charge in [-0.25, -0.2) is 0 Å². The summed E-state index contributed by atoms with van der Waals surface area (Å²) in [5.74, 6) is -0.0530. The highest BCUT2D eigenvalue weighted by Gasteiger charge is 2.36. The molecule has 0 aromatic heterocycles. The minimum atomic E-state index is -0.831. The van der Waals surface area contributed by atoms with Crippen molar-refractivity contribution in [2.45, 2.75) is 57.9 Å². The first-order valence-corrected chi connectivity index (χ1v) is 8.16. The van der Waals surface area contributed by atoms with Gasteiger partial charge in [0.15, 0.2) is 6.29 Å². The van der Waals surface area contributed by atoms with Crippen LogP contribution in [0.3, 0.4) is 0 Å². The molecule has 2 aliphatic rings. The van der Waals surface area contributed by atoms with Crippen molar-refractivity contribution in [3.8, 4) is 6.07 Å². The summed E-state index contributed by atoms with van der Waals surface area (Å²) in [4.78, 5) is 14.5. The van der Waals surface area contributed by atoms with E-state index in [0.29, 0.717) is 13.2 Å². The molecule has 124 valence electrons. The summed E-state index contributed by atoms with van der Waals surface area (Å²) in [5.41, 5.74) is -0.831. The number of amides is 1. The van der Waals surface area contributed by atoms with E-state index < -0.39 is 5.54 Å². The predicted molar refractivity (Wildman–Crippen MR) is 81.9 cm³/mol. The van der Waals surface area contributed by atoms with E-state index in [4.69, 9.17) is 9.47 Å². The molecule has 0 aromatic carbocycles. The Morgan fingerprint density at radius 1 is 1.41 bits per heavy atom. The summed E-state index contributed by atoms with van der Waals surface area (Å²) >= 11 is 0. The van der Waals surface area contributed by atoms with Crippen LogP contribution in [-0.2, 0) is 14.3 Å². The van der Waals surface area contributed by atoms with Crippen LogP contribution in [0, 0.1) is 17.2 Å². The van der Waals surface area contributed by atoms with Crippen LogP contribution in [0.4, 0.5) is 0 Å². The van der Waals surface area contributed by atoms with E-state index >= 15 is 0 Å². The Morgan fingerprint density at radius 2 is 2.09 bits per heavy atom. The molecule has 0 unspecified atom stereocenters. The minimum Gasteiger partial charge on any atom is -0.349 e. The zero-order valence-corrected chi connectivity index (χ0v) is 13.8. The number of likely N-dealkylation sites (tertiary alicyclic amines) is 1. The van der Waals surface area contributed by atoms with Gasteiger partial charge in [0.2, 0.25) is 5.91 Å². The third kappa shape index (κ3) is 3.97. The molecule has 0 bridgehead atoms. The number of ether oxygens (including phenoxy) is 2. The van der Waals surface area contributed by atoms with Crippen molar-refractivity contribution < 1.29 is 14.3 Å². The van der Waals surface area contributed by atoms with E-state index in [-0.39, 0.29) is 30.7 Å². The van der Waals surface area contributed by atoms with Crippen molar-refractivity contribution in [3.63, 3.8) is 0 Å². The molecule has 2 atom stereocenters. The van der Waals surface area contributed by atoms with E-state index in [2.05, 4.69) is 16.3 Å². The lowest BCUT2D eigenvalue weighted by Crippen LogP contribution is -2.55. The molecular weight excluding hydrogens is 282 g/mol. The highest BCUT2D eigenvalue weighted by Crippen LogP contribution is 2.24. The average molecular weight is 309 g/mol. The minimum absolute atomic E-state index is 0.0556. The van der Waals surface area contributed by atoms with E-state index in [9.17, 15) is 10.1 Å². The molecule has 1 amide bonds. The molecule has 0 aromatic rings. The molecule has 6 heteroatoms. The number of nitriles is 1. The van der Waals surface area contributed by atoms with Crippen LogP contribution in [0.2, 0.25) is 0 Å². The van der Waals surface area contributed by atoms with Gasteiger partial charge in [0.25, 0.3) is 0 Å². The van der Waals surface area contributed by atoms with Crippen molar-refractivity contribution in [3.05, 3.63) is 0 Å². The van der Waals surface area contributed by atoms with Crippen molar-refractivity contribution in [1.82, 2.24) is 10.2 Å². The number of nitrogens with one attached hydrogen (secondary N) is 1. The van der Waals surface area contributed by atoms with E-state index in [0.717, 1.165) is 25.8 Å². The van der Waals surface area contributed by atoms with Crippen LogP contribution in [0.15, 0.2) is 0 Å². The summed E-state index contributed by atoms with van der Waals surface area (Å²) in [6.45, 7) is 8.06. The van der Waals surface area contributed by atoms with Crippen LogP contribution >= 0.6 is 0 Å². The van der Waals surface area contributed by atoms with Crippen LogP contribution in [0.25, 0.3) is 0 Å². The number of piperidine rings is 1. The first-order chi connectivity index (χ1) is 10.5. The van der Waals surface area contributed by atoms with Gasteiger partial charge in [-0.1, -0.05) is 20.3 Å². The molecular formula is C16H27N3O3. The maximum Gasteiger partial charge on any atom is 0.235 e. The van der Waals surface area contributed by atoms with Gasteiger partial charge < -0.3 is 14.8 Å². The van der Waals surface area contributed by atoms with E-state index in [1.807, 2.05) is 13.8 Å². The van der Waals surface area contributed by atoms with Gasteiger partial charge in [-0.2, -0.15) is 5.26 Å². The zero-order chi connectivity index (χ0) is 16.2. The van der Waals surface area contributed by atoms with Crippen molar-refractivity contribution in [1.29, 1.82) is 5.26 Å². The van der Waals surface area contributed by atoms with Gasteiger partial charge in [-0.15, -0.1) is 0 Å². The number of hydrogen-bond acceptors (Lipinski definition) is 5. The van der Waals surface area contributed by atoms with Crippen LogP contribution in [0.1, 0.15) is 40.0 Å². The maximum absolute atomic E-state index is 12.4. The van der Waals surface area contributed by atoms with Crippen molar-refractivity contribution in [2.75, 3.05) is 26.3 Å². The molecule has 2 heterocycles. The number of rotatable bonds is 5. The second-order valence-electron chi connectivity index (χ2n) is 6.66. The molecule has 2 fully saturated rings. The van der Waals surface area contributed by atoms with Crippen LogP contribution in [0.5, 0.6) is 0 Å². The maximum atomic E-state index is 12.4. The fraction of sp³-hybridized carbons (Fsp3) is 0.875. The third-order valence-electron chi connectivity index (χ3n) is 4.76. The third-order valence-corrected chi connectivity index (χ3v) is 4.76. The van der Waals surface area contributed by atoms with Gasteiger partial charge in [0, 0.05) is 0 Å². The summed E-state index contributed by atoms with van der Waals surface area (Å²) < 4.78 is 11.2. The average Bonchev–Trinajstić information content (AvgIpc) is 3.01. The molecule has 0 saturated carbocycles. The normalized spacial score (nSPS) is 26.6. The molecule has 2 saturated heterocycles. The number of carbonyl (C=O) groups excluding carboxylic acids is 1. The first kappa shape index (κ1) is 17.2. The molecule has 0 spiro atoms. The van der Waals surface area contributed by atoms with Gasteiger partial charge in [-0.05, 0) is 32.2 Å². The zero-order valence-electron chi connectivity index (χ0n) is 13.8. The Balaban J connectivity index is 1.95. The molecule has 2 aliphatic heterocycles. The summed E-state index contributed by atoms with van der Waals surface area (Å²) in [6, 6.07) is 2.35. The lowest BCUT2D eigenvalue weighted by atomic mass is 9.90. The fourth-order valence-electron chi connectivity index (χ4n) is 2.94. The smallest absolute Gasteiger partial charge is 0.235 e. The van der Waals surface area contributed by atoms with Gasteiger partial charge >= 0.3 is 0 Å².